The highest BCUT2D eigenvalue weighted by atomic mass is 14.7. The Morgan fingerprint density at radius 3 is 2.20 bits per heavy atom. The van der Waals surface area contributed by atoms with Crippen LogP contribution in [0, 0.1) is 42.4 Å². The molecule has 0 aromatic heterocycles. The van der Waals surface area contributed by atoms with Crippen molar-refractivity contribution in [3.8, 4) is 0 Å². The number of benzene rings is 2. The molecule has 8 atom stereocenters. The minimum absolute atomic E-state index is 0.843. The molecule has 0 radical (unpaired) electrons. The molecule has 0 spiro atoms. The van der Waals surface area contributed by atoms with Gasteiger partial charge in [-0.15, -0.1) is 0 Å². The van der Waals surface area contributed by atoms with Crippen molar-refractivity contribution in [1.29, 1.82) is 0 Å². The molecule has 0 saturated heterocycles. The van der Waals surface area contributed by atoms with Gasteiger partial charge in [-0.1, -0.05) is 62.6 Å². The lowest BCUT2D eigenvalue weighted by Crippen LogP contribution is -2.32. The molecular formula is C25H30. The molecule has 4 aliphatic rings. The van der Waals surface area contributed by atoms with E-state index in [1.165, 1.54) is 36.6 Å². The van der Waals surface area contributed by atoms with Gasteiger partial charge in [0.25, 0.3) is 0 Å². The third kappa shape index (κ3) is 1.65. The lowest BCUT2D eigenvalue weighted by atomic mass is 9.65. The number of aryl methyl sites for hydroxylation is 1. The predicted octanol–water partition coefficient (Wildman–Crippen LogP) is 6.67. The van der Waals surface area contributed by atoms with E-state index < -0.39 is 0 Å². The molecule has 2 aromatic rings. The van der Waals surface area contributed by atoms with E-state index in [0.29, 0.717) is 0 Å². The highest BCUT2D eigenvalue weighted by molar-refractivity contribution is 5.93. The fraction of sp³-hybridized carbons (Fsp3) is 0.600. The smallest absolute Gasteiger partial charge is 0.00525 e. The first-order valence-corrected chi connectivity index (χ1v) is 10.8. The predicted molar refractivity (Wildman–Crippen MR) is 105 cm³/mol. The number of hydrogen-bond donors (Lipinski definition) is 0. The van der Waals surface area contributed by atoms with E-state index in [2.05, 4.69) is 51.1 Å². The minimum Gasteiger partial charge on any atom is -0.0651 e. The van der Waals surface area contributed by atoms with Crippen LogP contribution in [-0.2, 0) is 0 Å². The van der Waals surface area contributed by atoms with Gasteiger partial charge >= 0.3 is 0 Å². The summed E-state index contributed by atoms with van der Waals surface area (Å²) in [5.74, 6) is 7.72. The molecule has 3 fully saturated rings. The molecule has 0 N–H and O–H groups in total. The van der Waals surface area contributed by atoms with Crippen LogP contribution in [-0.4, -0.2) is 0 Å². The summed E-state index contributed by atoms with van der Waals surface area (Å²) in [5, 5.41) is 3.16. The van der Waals surface area contributed by atoms with Crippen molar-refractivity contribution in [3.63, 3.8) is 0 Å². The summed E-state index contributed by atoms with van der Waals surface area (Å²) in [6, 6.07) is 12.1. The second-order valence-corrected chi connectivity index (χ2v) is 9.64. The largest absolute Gasteiger partial charge is 0.0651 e. The Kier molecular flexibility index (Phi) is 2.91. The second-order valence-electron chi connectivity index (χ2n) is 9.64. The zero-order valence-corrected chi connectivity index (χ0v) is 15.8. The monoisotopic (exact) mass is 330 g/mol. The highest BCUT2D eigenvalue weighted by Crippen LogP contribution is 2.74. The van der Waals surface area contributed by atoms with E-state index in [1.807, 2.05) is 0 Å². The average molecular weight is 331 g/mol. The molecule has 0 amide bonds. The summed E-state index contributed by atoms with van der Waals surface area (Å²) in [4.78, 5) is 0. The van der Waals surface area contributed by atoms with Crippen LogP contribution >= 0.6 is 0 Å². The fourth-order valence-electron chi connectivity index (χ4n) is 8.45. The van der Waals surface area contributed by atoms with Crippen molar-refractivity contribution in [3.05, 3.63) is 47.0 Å². The third-order valence-electron chi connectivity index (χ3n) is 8.93. The van der Waals surface area contributed by atoms with Crippen molar-refractivity contribution in [2.45, 2.75) is 58.3 Å². The summed E-state index contributed by atoms with van der Waals surface area (Å²) >= 11 is 0. The van der Waals surface area contributed by atoms with Gasteiger partial charge in [0.2, 0.25) is 0 Å². The Balaban J connectivity index is 1.54. The number of fused-ring (bicyclic) bond motifs is 10. The van der Waals surface area contributed by atoms with Crippen LogP contribution in [0.3, 0.4) is 0 Å². The van der Waals surface area contributed by atoms with E-state index >= 15 is 0 Å². The van der Waals surface area contributed by atoms with Gasteiger partial charge in [0.1, 0.15) is 0 Å². The number of hydrogen-bond acceptors (Lipinski definition) is 0. The summed E-state index contributed by atoms with van der Waals surface area (Å²) in [5.41, 5.74) is 4.92. The molecule has 8 unspecified atom stereocenters. The summed E-state index contributed by atoms with van der Waals surface area (Å²) < 4.78 is 0. The van der Waals surface area contributed by atoms with Gasteiger partial charge in [0.05, 0.1) is 0 Å². The maximum absolute atomic E-state index is 2.55. The second kappa shape index (κ2) is 4.90. The van der Waals surface area contributed by atoms with Crippen LogP contribution in [0.5, 0.6) is 0 Å². The van der Waals surface area contributed by atoms with Crippen molar-refractivity contribution in [1.82, 2.24) is 0 Å². The summed E-state index contributed by atoms with van der Waals surface area (Å²) in [7, 11) is 0. The van der Waals surface area contributed by atoms with Crippen molar-refractivity contribution >= 4 is 10.8 Å². The van der Waals surface area contributed by atoms with Crippen LogP contribution in [0.2, 0.25) is 0 Å². The molecule has 4 aliphatic carbocycles. The fourth-order valence-corrected chi connectivity index (χ4v) is 8.45. The van der Waals surface area contributed by atoms with Crippen LogP contribution in [0.4, 0.5) is 0 Å². The molecule has 130 valence electrons. The van der Waals surface area contributed by atoms with Crippen LogP contribution in [0.15, 0.2) is 30.3 Å². The van der Waals surface area contributed by atoms with Gasteiger partial charge in [-0.05, 0) is 89.0 Å². The SMILES string of the molecule is CCC1CC(CC)C2C3CC(C4c5cccc6cc(C)cc(c56)C34)C12. The Bertz CT molecular complexity index is 862. The Morgan fingerprint density at radius 2 is 1.52 bits per heavy atom. The minimum atomic E-state index is 0.843. The molecule has 25 heavy (non-hydrogen) atoms. The normalized spacial score (nSPS) is 43.0. The van der Waals surface area contributed by atoms with Gasteiger partial charge in [0.15, 0.2) is 0 Å². The standard InChI is InChI=1S/C25H30/c1-4-14-11-15(5-2)23-20-12-19(22(14)23)24-17-8-6-7-16-9-13(3)10-18(21(16)17)25(20)24/h6-10,14-15,19-20,22-25H,4-5,11-12H2,1-3H3. The first kappa shape index (κ1) is 14.8. The van der Waals surface area contributed by atoms with E-state index in [1.54, 1.807) is 16.5 Å². The van der Waals surface area contributed by atoms with Crippen molar-refractivity contribution in [2.24, 2.45) is 35.5 Å². The molecule has 0 heterocycles. The lowest BCUT2D eigenvalue weighted by Gasteiger charge is -2.39. The number of rotatable bonds is 2. The van der Waals surface area contributed by atoms with Crippen LogP contribution in [0.25, 0.3) is 10.8 Å². The first-order chi connectivity index (χ1) is 12.2. The van der Waals surface area contributed by atoms with Gasteiger partial charge in [-0.2, -0.15) is 0 Å². The van der Waals surface area contributed by atoms with Gasteiger partial charge in [-0.3, -0.25) is 0 Å². The van der Waals surface area contributed by atoms with Crippen LogP contribution < -0.4 is 0 Å². The van der Waals surface area contributed by atoms with E-state index in [4.69, 9.17) is 0 Å². The van der Waals surface area contributed by atoms with Gasteiger partial charge in [0, 0.05) is 0 Å². The molecule has 0 aliphatic heterocycles. The maximum atomic E-state index is 2.55. The Labute approximate surface area is 152 Å². The van der Waals surface area contributed by atoms with Crippen molar-refractivity contribution in [2.75, 3.05) is 0 Å². The summed E-state index contributed by atoms with van der Waals surface area (Å²) in [6.07, 6.45) is 5.88. The highest BCUT2D eigenvalue weighted by Gasteiger charge is 2.65. The molecular weight excluding hydrogens is 300 g/mol. The van der Waals surface area contributed by atoms with Gasteiger partial charge in [-0.25, -0.2) is 0 Å². The molecule has 2 bridgehead atoms. The zero-order chi connectivity index (χ0) is 16.9. The Morgan fingerprint density at radius 1 is 0.840 bits per heavy atom. The van der Waals surface area contributed by atoms with E-state index in [-0.39, 0.29) is 0 Å². The van der Waals surface area contributed by atoms with Crippen molar-refractivity contribution < 1.29 is 0 Å². The first-order valence-electron chi connectivity index (χ1n) is 10.8. The topological polar surface area (TPSA) is 0 Å². The average Bonchev–Trinajstić information content (AvgIpc) is 3.33. The molecule has 0 heteroatoms. The maximum Gasteiger partial charge on any atom is -0.00525 e. The molecule has 3 saturated carbocycles. The molecule has 6 rings (SSSR count). The van der Waals surface area contributed by atoms with E-state index in [0.717, 1.165) is 47.3 Å². The zero-order valence-electron chi connectivity index (χ0n) is 15.8. The molecule has 2 aromatic carbocycles. The lowest BCUT2D eigenvalue weighted by molar-refractivity contribution is 0.149. The van der Waals surface area contributed by atoms with E-state index in [9.17, 15) is 0 Å². The summed E-state index contributed by atoms with van der Waals surface area (Å²) in [6.45, 7) is 7.21. The van der Waals surface area contributed by atoms with Gasteiger partial charge < -0.3 is 0 Å². The van der Waals surface area contributed by atoms with Crippen LogP contribution in [0.1, 0.15) is 68.1 Å². The Hall–Kier alpha value is -1.30. The quantitative estimate of drug-likeness (QED) is 0.577. The third-order valence-corrected chi connectivity index (χ3v) is 8.93. The molecule has 0 nitrogen and oxygen atoms in total.